The van der Waals surface area contributed by atoms with E-state index in [0.29, 0.717) is 38.9 Å². The summed E-state index contributed by atoms with van der Waals surface area (Å²) in [6.07, 6.45) is 2.43. The normalized spacial score (nSPS) is 23.7. The molecule has 1 unspecified atom stereocenters. The lowest BCUT2D eigenvalue weighted by Crippen LogP contribution is -2.61. The number of hydrogen-bond donors (Lipinski definition) is 1. The second-order valence-corrected chi connectivity index (χ2v) is 8.65. The van der Waals surface area contributed by atoms with E-state index in [-0.39, 0.29) is 17.2 Å². The molecule has 2 aliphatic rings. The van der Waals surface area contributed by atoms with Crippen molar-refractivity contribution in [3.63, 3.8) is 0 Å². The Morgan fingerprint density at radius 1 is 1.35 bits per heavy atom. The summed E-state index contributed by atoms with van der Waals surface area (Å²) in [6, 6.07) is 2.31. The number of nitrogens with two attached hydrogens (primary N) is 1. The highest BCUT2D eigenvalue weighted by molar-refractivity contribution is 7.89. The highest BCUT2D eigenvalue weighted by Crippen LogP contribution is 2.46. The number of halogens is 1. The van der Waals surface area contributed by atoms with Gasteiger partial charge in [-0.2, -0.15) is 4.31 Å². The van der Waals surface area contributed by atoms with Crippen LogP contribution in [0.5, 0.6) is 5.75 Å². The van der Waals surface area contributed by atoms with Gasteiger partial charge in [0.2, 0.25) is 15.9 Å². The van der Waals surface area contributed by atoms with Crippen LogP contribution >= 0.6 is 0 Å². The summed E-state index contributed by atoms with van der Waals surface area (Å²) in [6.45, 7) is 1.07. The van der Waals surface area contributed by atoms with E-state index in [1.807, 2.05) is 0 Å². The molecule has 144 valence electrons. The second kappa shape index (κ2) is 7.13. The predicted octanol–water partition coefficient (Wildman–Crippen LogP) is 1.27. The van der Waals surface area contributed by atoms with Gasteiger partial charge < -0.3 is 15.2 Å². The minimum Gasteiger partial charge on any atom is -0.495 e. The third-order valence-corrected chi connectivity index (χ3v) is 7.28. The summed E-state index contributed by atoms with van der Waals surface area (Å²) in [7, 11) is -2.86. The molecule has 1 amide bonds. The van der Waals surface area contributed by atoms with Crippen molar-refractivity contribution in [1.29, 1.82) is 0 Å². The molecule has 9 heteroatoms. The molecule has 0 saturated carbocycles. The average molecular weight is 386 g/mol. The molecule has 0 bridgehead atoms. The van der Waals surface area contributed by atoms with Crippen molar-refractivity contribution in [1.82, 2.24) is 4.31 Å². The monoisotopic (exact) mass is 386 g/mol. The van der Waals surface area contributed by atoms with Gasteiger partial charge in [-0.05, 0) is 43.9 Å². The summed E-state index contributed by atoms with van der Waals surface area (Å²) in [5.41, 5.74) is 5.10. The first-order valence-corrected chi connectivity index (χ1v) is 9.98. The Labute approximate surface area is 152 Å². The number of hydrogen-bond acceptors (Lipinski definition) is 5. The Balaban J connectivity index is 2.08. The molecule has 1 spiro atoms. The maximum atomic E-state index is 13.7. The standard InChI is InChI=1S/C17H23FN2O5S/c1-24-13-4-3-12(18)11-14(13)26(22,23)20-8-2-5-17(15(20)16(19)21)6-9-25-10-7-17/h3-4,11,15H,2,5-10H2,1H3,(H2,19,21). The minimum atomic E-state index is -4.17. The summed E-state index contributed by atoms with van der Waals surface area (Å²) >= 11 is 0. The Kier molecular flexibility index (Phi) is 5.23. The van der Waals surface area contributed by atoms with Crippen LogP contribution in [0.25, 0.3) is 0 Å². The van der Waals surface area contributed by atoms with Gasteiger partial charge in [0.1, 0.15) is 22.5 Å². The van der Waals surface area contributed by atoms with E-state index in [0.717, 1.165) is 16.4 Å². The molecule has 1 aromatic carbocycles. The van der Waals surface area contributed by atoms with Gasteiger partial charge in [0.25, 0.3) is 0 Å². The summed E-state index contributed by atoms with van der Waals surface area (Å²) in [5.74, 6) is -1.36. The number of amides is 1. The van der Waals surface area contributed by atoms with Gasteiger partial charge in [0.05, 0.1) is 7.11 Å². The molecule has 7 nitrogen and oxygen atoms in total. The fourth-order valence-electron chi connectivity index (χ4n) is 4.14. The lowest BCUT2D eigenvalue weighted by molar-refractivity contribution is -0.132. The highest BCUT2D eigenvalue weighted by Gasteiger charge is 2.52. The van der Waals surface area contributed by atoms with E-state index in [9.17, 15) is 17.6 Å². The van der Waals surface area contributed by atoms with E-state index < -0.39 is 33.2 Å². The van der Waals surface area contributed by atoms with Gasteiger partial charge in [-0.25, -0.2) is 12.8 Å². The molecular weight excluding hydrogens is 363 g/mol. The Morgan fingerprint density at radius 3 is 2.65 bits per heavy atom. The Morgan fingerprint density at radius 2 is 2.04 bits per heavy atom. The van der Waals surface area contributed by atoms with Crippen LogP contribution in [0.15, 0.2) is 23.1 Å². The molecule has 2 heterocycles. The van der Waals surface area contributed by atoms with Gasteiger partial charge in [-0.15, -0.1) is 0 Å². The maximum absolute atomic E-state index is 13.7. The van der Waals surface area contributed by atoms with Gasteiger partial charge in [0, 0.05) is 25.2 Å². The molecule has 2 saturated heterocycles. The van der Waals surface area contributed by atoms with Crippen molar-refractivity contribution < 1.29 is 27.1 Å². The van der Waals surface area contributed by atoms with E-state index in [4.69, 9.17) is 15.2 Å². The Bertz CT molecular complexity index is 787. The van der Waals surface area contributed by atoms with Crippen LogP contribution in [0.3, 0.4) is 0 Å². The molecule has 0 aromatic heterocycles. The molecule has 0 radical (unpaired) electrons. The van der Waals surface area contributed by atoms with Crippen molar-refractivity contribution in [2.24, 2.45) is 11.1 Å². The van der Waals surface area contributed by atoms with Crippen molar-refractivity contribution >= 4 is 15.9 Å². The van der Waals surface area contributed by atoms with Crippen LogP contribution in [0.1, 0.15) is 25.7 Å². The third kappa shape index (κ3) is 3.19. The van der Waals surface area contributed by atoms with Crippen LogP contribution in [0.4, 0.5) is 4.39 Å². The molecule has 1 atom stereocenters. The number of carbonyl (C=O) groups excluding carboxylic acids is 1. The van der Waals surface area contributed by atoms with Crippen LogP contribution < -0.4 is 10.5 Å². The Hall–Kier alpha value is -1.71. The van der Waals surface area contributed by atoms with Crippen molar-refractivity contribution in [2.75, 3.05) is 26.9 Å². The molecular formula is C17H23FN2O5S. The quantitative estimate of drug-likeness (QED) is 0.840. The zero-order chi connectivity index (χ0) is 18.9. The smallest absolute Gasteiger partial charge is 0.247 e. The lowest BCUT2D eigenvalue weighted by atomic mass is 9.68. The van der Waals surface area contributed by atoms with Gasteiger partial charge in [0.15, 0.2) is 0 Å². The van der Waals surface area contributed by atoms with Crippen molar-refractivity contribution in [3.05, 3.63) is 24.0 Å². The minimum absolute atomic E-state index is 0.0289. The van der Waals surface area contributed by atoms with Crippen molar-refractivity contribution in [2.45, 2.75) is 36.6 Å². The maximum Gasteiger partial charge on any atom is 0.247 e. The molecule has 2 fully saturated rings. The number of ether oxygens (including phenoxy) is 2. The van der Waals surface area contributed by atoms with Crippen molar-refractivity contribution in [3.8, 4) is 5.75 Å². The van der Waals surface area contributed by atoms with Gasteiger partial charge in [-0.1, -0.05) is 0 Å². The van der Waals surface area contributed by atoms with Crippen LogP contribution in [-0.4, -0.2) is 51.5 Å². The van der Waals surface area contributed by atoms with Crippen LogP contribution in [0.2, 0.25) is 0 Å². The largest absolute Gasteiger partial charge is 0.495 e. The zero-order valence-corrected chi connectivity index (χ0v) is 15.4. The second-order valence-electron chi connectivity index (χ2n) is 6.79. The van der Waals surface area contributed by atoms with E-state index in [2.05, 4.69) is 0 Å². The lowest BCUT2D eigenvalue weighted by Gasteiger charge is -2.49. The fourth-order valence-corrected chi connectivity index (χ4v) is 6.03. The number of methoxy groups -OCH3 is 1. The molecule has 3 rings (SSSR count). The fraction of sp³-hybridized carbons (Fsp3) is 0.588. The number of rotatable bonds is 4. The molecule has 2 aliphatic heterocycles. The first kappa shape index (κ1) is 19.1. The average Bonchev–Trinajstić information content (AvgIpc) is 2.61. The van der Waals surface area contributed by atoms with Crippen LogP contribution in [0, 0.1) is 11.2 Å². The topological polar surface area (TPSA) is 98.9 Å². The van der Waals surface area contributed by atoms with Crippen LogP contribution in [-0.2, 0) is 19.6 Å². The van der Waals surface area contributed by atoms with E-state index in [1.54, 1.807) is 0 Å². The highest BCUT2D eigenvalue weighted by atomic mass is 32.2. The number of benzene rings is 1. The predicted molar refractivity (Wildman–Crippen MR) is 91.5 cm³/mol. The summed E-state index contributed by atoms with van der Waals surface area (Å²) in [5, 5.41) is 0. The number of nitrogens with zero attached hydrogens (tertiary/aromatic N) is 1. The number of primary amides is 1. The zero-order valence-electron chi connectivity index (χ0n) is 14.6. The summed E-state index contributed by atoms with van der Waals surface area (Å²) in [4.78, 5) is 12.0. The van der Waals surface area contributed by atoms with E-state index >= 15 is 0 Å². The molecule has 26 heavy (non-hydrogen) atoms. The van der Waals surface area contributed by atoms with E-state index in [1.165, 1.54) is 13.2 Å². The van der Waals surface area contributed by atoms with Gasteiger partial charge in [-0.3, -0.25) is 4.79 Å². The molecule has 0 aliphatic carbocycles. The molecule has 2 N–H and O–H groups in total. The number of carbonyl (C=O) groups is 1. The SMILES string of the molecule is COc1ccc(F)cc1S(=O)(=O)N1CCCC2(CCOCC2)C1C(N)=O. The number of sulfonamides is 1. The number of piperidine rings is 1. The molecule has 1 aromatic rings. The third-order valence-electron chi connectivity index (χ3n) is 5.39. The first-order chi connectivity index (χ1) is 12.3. The summed E-state index contributed by atoms with van der Waals surface area (Å²) < 4.78 is 52.0. The first-order valence-electron chi connectivity index (χ1n) is 8.54. The van der Waals surface area contributed by atoms with Gasteiger partial charge >= 0.3 is 0 Å².